The van der Waals surface area contributed by atoms with Crippen molar-refractivity contribution in [2.45, 2.75) is 18.9 Å². The molecular formula is C14H16FN3O2S. The molecule has 1 saturated heterocycles. The summed E-state index contributed by atoms with van der Waals surface area (Å²) in [4.78, 5) is 4.15. The van der Waals surface area contributed by atoms with Crippen LogP contribution in [0, 0.1) is 17.3 Å². The number of aliphatic imine (C=N–C) groups is 1. The van der Waals surface area contributed by atoms with Crippen LogP contribution in [0.3, 0.4) is 0 Å². The van der Waals surface area contributed by atoms with E-state index in [1.165, 1.54) is 17.8 Å². The van der Waals surface area contributed by atoms with Gasteiger partial charge in [0.05, 0.1) is 18.9 Å². The average Bonchev–Trinajstić information content (AvgIpc) is 2.50. The molecule has 0 saturated carbocycles. The summed E-state index contributed by atoms with van der Waals surface area (Å²) < 4.78 is 24.9. The number of nitrogens with zero attached hydrogens (tertiary/aromatic N) is 2. The first kappa shape index (κ1) is 15.6. The number of hydrogen-bond donors (Lipinski definition) is 1. The fourth-order valence-corrected chi connectivity index (χ4v) is 2.26. The van der Waals surface area contributed by atoms with Gasteiger partial charge in [0.1, 0.15) is 6.10 Å². The van der Waals surface area contributed by atoms with E-state index in [1.807, 2.05) is 0 Å². The third-order valence-corrected chi connectivity index (χ3v) is 3.54. The Labute approximate surface area is 127 Å². The topological polar surface area (TPSA) is 66.6 Å². The molecule has 1 aromatic rings. The second-order valence-corrected chi connectivity index (χ2v) is 5.20. The van der Waals surface area contributed by atoms with Gasteiger partial charge in [0.2, 0.25) is 0 Å². The van der Waals surface area contributed by atoms with E-state index < -0.39 is 5.82 Å². The van der Waals surface area contributed by atoms with Crippen LogP contribution in [0.2, 0.25) is 0 Å². The predicted octanol–water partition coefficient (Wildman–Crippen LogP) is 2.80. The van der Waals surface area contributed by atoms with Gasteiger partial charge >= 0.3 is 0 Å². The summed E-state index contributed by atoms with van der Waals surface area (Å²) in [6.45, 7) is 1.29. The predicted molar refractivity (Wildman–Crippen MR) is 80.2 cm³/mol. The lowest BCUT2D eigenvalue weighted by Gasteiger charge is -2.23. The number of ether oxygens (including phenoxy) is 2. The minimum Gasteiger partial charge on any atom is -0.487 e. The van der Waals surface area contributed by atoms with Gasteiger partial charge < -0.3 is 9.47 Å². The van der Waals surface area contributed by atoms with Gasteiger partial charge in [-0.1, -0.05) is 11.8 Å². The summed E-state index contributed by atoms with van der Waals surface area (Å²) in [6, 6.07) is 4.52. The molecule has 1 heterocycles. The molecule has 112 valence electrons. The molecule has 0 aromatic heterocycles. The van der Waals surface area contributed by atoms with Crippen LogP contribution in [0.15, 0.2) is 23.2 Å². The molecule has 7 heteroatoms. The van der Waals surface area contributed by atoms with Crippen LogP contribution in [0.5, 0.6) is 5.75 Å². The molecule has 0 aliphatic carbocycles. The summed E-state index contributed by atoms with van der Waals surface area (Å²) in [5.41, 5.74) is 0.430. The van der Waals surface area contributed by atoms with Crippen LogP contribution in [-0.4, -0.2) is 30.7 Å². The molecule has 0 bridgehead atoms. The summed E-state index contributed by atoms with van der Waals surface area (Å²) >= 11 is 1.28. The van der Waals surface area contributed by atoms with Crippen LogP contribution in [-0.2, 0) is 4.74 Å². The zero-order valence-electron chi connectivity index (χ0n) is 11.6. The highest BCUT2D eigenvalue weighted by Gasteiger charge is 2.17. The van der Waals surface area contributed by atoms with Crippen LogP contribution >= 0.6 is 11.8 Å². The maximum atomic E-state index is 14.0. The number of amidine groups is 1. The molecule has 1 fully saturated rings. The fraction of sp³-hybridized carbons (Fsp3) is 0.429. The van der Waals surface area contributed by atoms with E-state index in [0.29, 0.717) is 24.1 Å². The Balaban J connectivity index is 2.08. The number of rotatable bonds is 3. The Morgan fingerprint density at radius 2 is 2.29 bits per heavy atom. The van der Waals surface area contributed by atoms with Crippen LogP contribution in [0.25, 0.3) is 0 Å². The largest absolute Gasteiger partial charge is 0.487 e. The van der Waals surface area contributed by atoms with Crippen molar-refractivity contribution in [1.29, 1.82) is 5.26 Å². The fourth-order valence-electron chi connectivity index (χ4n) is 1.92. The highest BCUT2D eigenvalue weighted by Crippen LogP contribution is 2.26. The molecule has 1 N–H and O–H groups in total. The van der Waals surface area contributed by atoms with Crippen molar-refractivity contribution in [3.05, 3.63) is 24.0 Å². The van der Waals surface area contributed by atoms with Crippen molar-refractivity contribution in [2.24, 2.45) is 4.99 Å². The van der Waals surface area contributed by atoms with Crippen LogP contribution in [0.1, 0.15) is 12.8 Å². The molecule has 0 amide bonds. The Morgan fingerprint density at radius 3 is 2.90 bits per heavy atom. The number of benzene rings is 1. The minimum atomic E-state index is -0.458. The van der Waals surface area contributed by atoms with Crippen molar-refractivity contribution in [3.63, 3.8) is 0 Å². The Morgan fingerprint density at radius 1 is 1.52 bits per heavy atom. The molecule has 0 unspecified atom stereocenters. The van der Waals surface area contributed by atoms with E-state index in [1.54, 1.807) is 24.6 Å². The van der Waals surface area contributed by atoms with E-state index in [4.69, 9.17) is 14.7 Å². The lowest BCUT2D eigenvalue weighted by atomic mass is 10.1. The van der Waals surface area contributed by atoms with Gasteiger partial charge in [-0.3, -0.25) is 5.32 Å². The second kappa shape index (κ2) is 7.86. The van der Waals surface area contributed by atoms with Crippen molar-refractivity contribution in [3.8, 4) is 11.9 Å². The quantitative estimate of drug-likeness (QED) is 0.402. The molecule has 5 nitrogen and oxygen atoms in total. The SMILES string of the molecule is CSC(=Nc1ccc(OC2CCOCC2)c(F)c1)NC#N. The number of halogens is 1. The Hall–Kier alpha value is -1.78. The van der Waals surface area contributed by atoms with Crippen molar-refractivity contribution >= 4 is 22.6 Å². The number of hydrogen-bond acceptors (Lipinski definition) is 5. The zero-order chi connectivity index (χ0) is 15.1. The van der Waals surface area contributed by atoms with E-state index in [0.717, 1.165) is 12.8 Å². The molecule has 1 aliphatic heterocycles. The standard InChI is InChI=1S/C14H16FN3O2S/c1-21-14(17-9-16)18-10-2-3-13(12(15)8-10)20-11-4-6-19-7-5-11/h2-3,8,11H,4-7H2,1H3,(H,17,18). The third kappa shape index (κ3) is 4.62. The highest BCUT2D eigenvalue weighted by atomic mass is 32.2. The number of nitrogens with one attached hydrogen (secondary N) is 1. The van der Waals surface area contributed by atoms with Crippen LogP contribution < -0.4 is 10.1 Å². The first-order valence-electron chi connectivity index (χ1n) is 6.54. The minimum absolute atomic E-state index is 0.00962. The second-order valence-electron chi connectivity index (χ2n) is 4.40. The smallest absolute Gasteiger partial charge is 0.183 e. The van der Waals surface area contributed by atoms with Gasteiger partial charge in [0.25, 0.3) is 0 Å². The molecule has 1 aromatic carbocycles. The summed E-state index contributed by atoms with van der Waals surface area (Å²) in [7, 11) is 0. The molecule has 0 radical (unpaired) electrons. The van der Waals surface area contributed by atoms with Crippen LogP contribution in [0.4, 0.5) is 10.1 Å². The lowest BCUT2D eigenvalue weighted by molar-refractivity contribution is 0.0240. The van der Waals surface area contributed by atoms with Gasteiger partial charge in [-0.05, 0) is 18.4 Å². The summed E-state index contributed by atoms with van der Waals surface area (Å²) in [6.07, 6.45) is 5.09. The summed E-state index contributed by atoms with van der Waals surface area (Å²) in [5, 5.41) is 11.4. The van der Waals surface area contributed by atoms with Gasteiger partial charge in [0, 0.05) is 18.9 Å². The molecule has 1 aliphatic rings. The zero-order valence-corrected chi connectivity index (χ0v) is 12.5. The molecular weight excluding hydrogens is 293 g/mol. The highest BCUT2D eigenvalue weighted by molar-refractivity contribution is 8.13. The number of thioether (sulfide) groups is 1. The van der Waals surface area contributed by atoms with Crippen molar-refractivity contribution in [1.82, 2.24) is 5.32 Å². The van der Waals surface area contributed by atoms with E-state index >= 15 is 0 Å². The first-order valence-corrected chi connectivity index (χ1v) is 7.77. The maximum absolute atomic E-state index is 14.0. The van der Waals surface area contributed by atoms with E-state index in [2.05, 4.69) is 10.3 Å². The van der Waals surface area contributed by atoms with Crippen molar-refractivity contribution < 1.29 is 13.9 Å². The van der Waals surface area contributed by atoms with E-state index in [-0.39, 0.29) is 11.9 Å². The Kier molecular flexibility index (Phi) is 5.84. The molecule has 0 atom stereocenters. The third-order valence-electron chi connectivity index (χ3n) is 2.96. The molecule has 0 spiro atoms. The summed E-state index contributed by atoms with van der Waals surface area (Å²) in [5.74, 6) is -0.236. The normalized spacial score (nSPS) is 16.3. The van der Waals surface area contributed by atoms with Gasteiger partial charge in [-0.25, -0.2) is 9.38 Å². The first-order chi connectivity index (χ1) is 10.2. The van der Waals surface area contributed by atoms with Crippen molar-refractivity contribution in [2.75, 3.05) is 19.5 Å². The molecule has 2 rings (SSSR count). The van der Waals surface area contributed by atoms with Gasteiger partial charge in [-0.2, -0.15) is 5.26 Å². The monoisotopic (exact) mass is 309 g/mol. The van der Waals surface area contributed by atoms with Gasteiger partial charge in [-0.15, -0.1) is 0 Å². The lowest BCUT2D eigenvalue weighted by Crippen LogP contribution is -2.26. The average molecular weight is 309 g/mol. The Bertz CT molecular complexity index is 554. The maximum Gasteiger partial charge on any atom is 0.183 e. The van der Waals surface area contributed by atoms with Gasteiger partial charge in [0.15, 0.2) is 22.9 Å². The van der Waals surface area contributed by atoms with E-state index in [9.17, 15) is 4.39 Å². The molecule has 21 heavy (non-hydrogen) atoms. The number of nitriles is 1.